The Balaban J connectivity index is 2.15. The molecule has 0 amide bonds. The van der Waals surface area contributed by atoms with Crippen LogP contribution in [0.1, 0.15) is 58.9 Å². The van der Waals surface area contributed by atoms with Crippen LogP contribution in [-0.4, -0.2) is 32.4 Å². The molecule has 2 rings (SSSR count). The molecule has 0 spiro atoms. The summed E-state index contributed by atoms with van der Waals surface area (Å²) < 4.78 is 16.0. The van der Waals surface area contributed by atoms with Crippen LogP contribution in [-0.2, 0) is 16.1 Å². The largest absolute Gasteiger partial charge is 0.496 e. The standard InChI is InChI=1S/C19H24O5/c1-4-5-6-7-8-24-12-13-9-14-18(16(10-13)22-2)15(20)11-17(23-3)19(14)21/h9-11H,4-8,12H2,1-3H3. The highest BCUT2D eigenvalue weighted by Gasteiger charge is 2.30. The van der Waals surface area contributed by atoms with Gasteiger partial charge in [0.2, 0.25) is 5.78 Å². The first kappa shape index (κ1) is 18.2. The monoisotopic (exact) mass is 332 g/mol. The maximum Gasteiger partial charge on any atom is 0.228 e. The van der Waals surface area contributed by atoms with Gasteiger partial charge in [-0.05, 0) is 24.1 Å². The fourth-order valence-corrected chi connectivity index (χ4v) is 2.71. The van der Waals surface area contributed by atoms with Gasteiger partial charge in [-0.3, -0.25) is 9.59 Å². The first-order valence-corrected chi connectivity index (χ1v) is 8.25. The third-order valence-electron chi connectivity index (χ3n) is 3.99. The number of benzene rings is 1. The normalized spacial score (nSPS) is 13.5. The Labute approximate surface area is 142 Å². The SMILES string of the molecule is CCCCCCOCc1cc(OC)c2c(c1)C(=O)C(OC)=CC2=O. The molecule has 1 aliphatic rings. The van der Waals surface area contributed by atoms with Crippen LogP contribution in [0.2, 0.25) is 0 Å². The second-order valence-electron chi connectivity index (χ2n) is 5.74. The van der Waals surface area contributed by atoms with E-state index in [2.05, 4.69) is 6.92 Å². The fourth-order valence-electron chi connectivity index (χ4n) is 2.71. The molecule has 5 heteroatoms. The van der Waals surface area contributed by atoms with E-state index in [1.807, 2.05) is 0 Å². The quantitative estimate of drug-likeness (QED) is 0.645. The van der Waals surface area contributed by atoms with E-state index in [0.29, 0.717) is 24.5 Å². The van der Waals surface area contributed by atoms with Crippen LogP contribution in [0.3, 0.4) is 0 Å². The third-order valence-corrected chi connectivity index (χ3v) is 3.99. The van der Waals surface area contributed by atoms with E-state index in [-0.39, 0.29) is 22.9 Å². The second kappa shape index (κ2) is 8.64. The van der Waals surface area contributed by atoms with Gasteiger partial charge < -0.3 is 14.2 Å². The van der Waals surface area contributed by atoms with Crippen molar-refractivity contribution in [2.24, 2.45) is 0 Å². The van der Waals surface area contributed by atoms with Crippen molar-refractivity contribution < 1.29 is 23.8 Å². The van der Waals surface area contributed by atoms with Gasteiger partial charge in [0.15, 0.2) is 11.5 Å². The molecule has 0 aliphatic heterocycles. The predicted octanol–water partition coefficient (Wildman–Crippen LogP) is 3.70. The number of hydrogen-bond donors (Lipinski definition) is 0. The van der Waals surface area contributed by atoms with Crippen molar-refractivity contribution in [3.8, 4) is 5.75 Å². The fraction of sp³-hybridized carbons (Fsp3) is 0.474. The second-order valence-corrected chi connectivity index (χ2v) is 5.74. The molecule has 0 saturated heterocycles. The molecule has 0 unspecified atom stereocenters. The van der Waals surface area contributed by atoms with Crippen molar-refractivity contribution in [2.75, 3.05) is 20.8 Å². The van der Waals surface area contributed by atoms with Crippen molar-refractivity contribution in [2.45, 2.75) is 39.2 Å². The average Bonchev–Trinajstić information content (AvgIpc) is 2.60. The first-order valence-electron chi connectivity index (χ1n) is 8.25. The first-order chi connectivity index (χ1) is 11.6. The van der Waals surface area contributed by atoms with Gasteiger partial charge in [0.05, 0.1) is 26.4 Å². The highest BCUT2D eigenvalue weighted by atomic mass is 16.5. The van der Waals surface area contributed by atoms with E-state index in [1.54, 1.807) is 12.1 Å². The number of allylic oxidation sites excluding steroid dienone is 2. The van der Waals surface area contributed by atoms with E-state index in [9.17, 15) is 9.59 Å². The summed E-state index contributed by atoms with van der Waals surface area (Å²) in [6.45, 7) is 3.22. The molecule has 130 valence electrons. The summed E-state index contributed by atoms with van der Waals surface area (Å²) in [5.74, 6) is -0.158. The number of carbonyl (C=O) groups is 2. The lowest BCUT2D eigenvalue weighted by molar-refractivity contribution is 0.0913. The van der Waals surface area contributed by atoms with Gasteiger partial charge in [0, 0.05) is 18.2 Å². The molecule has 24 heavy (non-hydrogen) atoms. The molecule has 1 aliphatic carbocycles. The Morgan fingerprint density at radius 3 is 2.46 bits per heavy atom. The Morgan fingerprint density at radius 2 is 1.79 bits per heavy atom. The molecule has 5 nitrogen and oxygen atoms in total. The van der Waals surface area contributed by atoms with Gasteiger partial charge in [-0.2, -0.15) is 0 Å². The predicted molar refractivity (Wildman–Crippen MR) is 90.5 cm³/mol. The lowest BCUT2D eigenvalue weighted by Crippen LogP contribution is -2.19. The minimum absolute atomic E-state index is 0.0483. The molecular weight excluding hydrogens is 308 g/mol. The molecule has 0 bridgehead atoms. The van der Waals surface area contributed by atoms with E-state index in [1.165, 1.54) is 33.1 Å². The van der Waals surface area contributed by atoms with E-state index >= 15 is 0 Å². The molecule has 1 aromatic rings. The highest BCUT2D eigenvalue weighted by molar-refractivity contribution is 6.24. The molecule has 0 fully saturated rings. The molecule has 1 aromatic carbocycles. The Bertz CT molecular complexity index is 645. The number of hydrogen-bond acceptors (Lipinski definition) is 5. The van der Waals surface area contributed by atoms with Gasteiger partial charge in [0.25, 0.3) is 0 Å². The van der Waals surface area contributed by atoms with Gasteiger partial charge in [0.1, 0.15) is 5.75 Å². The molecule has 0 heterocycles. The number of methoxy groups -OCH3 is 2. The zero-order chi connectivity index (χ0) is 17.5. The summed E-state index contributed by atoms with van der Waals surface area (Å²) in [4.78, 5) is 24.7. The zero-order valence-corrected chi connectivity index (χ0v) is 14.5. The van der Waals surface area contributed by atoms with Gasteiger partial charge in [-0.25, -0.2) is 0 Å². The van der Waals surface area contributed by atoms with Crippen LogP contribution >= 0.6 is 0 Å². The average molecular weight is 332 g/mol. The van der Waals surface area contributed by atoms with E-state index in [4.69, 9.17) is 14.2 Å². The van der Waals surface area contributed by atoms with Crippen molar-refractivity contribution in [1.29, 1.82) is 0 Å². The lowest BCUT2D eigenvalue weighted by atomic mass is 9.91. The number of unbranched alkanes of at least 4 members (excludes halogenated alkanes) is 3. The smallest absolute Gasteiger partial charge is 0.228 e. The van der Waals surface area contributed by atoms with Crippen LogP contribution in [0.4, 0.5) is 0 Å². The number of fused-ring (bicyclic) bond motifs is 1. The lowest BCUT2D eigenvalue weighted by Gasteiger charge is -2.18. The third kappa shape index (κ3) is 4.03. The van der Waals surface area contributed by atoms with Gasteiger partial charge in [-0.15, -0.1) is 0 Å². The Kier molecular flexibility index (Phi) is 6.55. The van der Waals surface area contributed by atoms with Gasteiger partial charge >= 0.3 is 0 Å². The topological polar surface area (TPSA) is 61.8 Å². The van der Waals surface area contributed by atoms with Crippen LogP contribution in [0, 0.1) is 0 Å². The summed E-state index contributed by atoms with van der Waals surface area (Å²) in [6.07, 6.45) is 5.77. The maximum absolute atomic E-state index is 12.4. The van der Waals surface area contributed by atoms with Crippen LogP contribution in [0.15, 0.2) is 24.0 Å². The van der Waals surface area contributed by atoms with Crippen molar-refractivity contribution >= 4 is 11.6 Å². The minimum atomic E-state index is -0.310. The number of ether oxygens (including phenoxy) is 3. The number of Topliss-reactive ketones (excluding diaryl/α,β-unsaturated/α-hetero) is 1. The van der Waals surface area contributed by atoms with Crippen LogP contribution in [0.5, 0.6) is 5.75 Å². The van der Waals surface area contributed by atoms with Crippen molar-refractivity contribution in [3.05, 3.63) is 40.7 Å². The van der Waals surface area contributed by atoms with Crippen molar-refractivity contribution in [1.82, 2.24) is 0 Å². The molecule has 0 N–H and O–H groups in total. The molecular formula is C19H24O5. The minimum Gasteiger partial charge on any atom is -0.496 e. The van der Waals surface area contributed by atoms with Crippen molar-refractivity contribution in [3.63, 3.8) is 0 Å². The number of rotatable bonds is 9. The summed E-state index contributed by atoms with van der Waals surface area (Å²) in [5, 5.41) is 0. The van der Waals surface area contributed by atoms with Gasteiger partial charge in [-0.1, -0.05) is 26.2 Å². The summed E-state index contributed by atoms with van der Waals surface area (Å²) in [5.41, 5.74) is 1.40. The Morgan fingerprint density at radius 1 is 1.00 bits per heavy atom. The summed E-state index contributed by atoms with van der Waals surface area (Å²) in [6, 6.07) is 3.44. The summed E-state index contributed by atoms with van der Waals surface area (Å²) >= 11 is 0. The Hall–Kier alpha value is -2.14. The molecule has 0 radical (unpaired) electrons. The molecule has 0 atom stereocenters. The van der Waals surface area contributed by atoms with E-state index < -0.39 is 0 Å². The highest BCUT2D eigenvalue weighted by Crippen LogP contribution is 2.31. The van der Waals surface area contributed by atoms with E-state index in [0.717, 1.165) is 18.4 Å². The molecule has 0 aromatic heterocycles. The number of carbonyl (C=O) groups excluding carboxylic acids is 2. The maximum atomic E-state index is 12.4. The number of ketones is 2. The summed E-state index contributed by atoms with van der Waals surface area (Å²) in [7, 11) is 2.86. The van der Waals surface area contributed by atoms with Crippen LogP contribution in [0.25, 0.3) is 0 Å². The molecule has 0 saturated carbocycles. The van der Waals surface area contributed by atoms with Crippen LogP contribution < -0.4 is 4.74 Å². The zero-order valence-electron chi connectivity index (χ0n) is 14.5.